The van der Waals surface area contributed by atoms with Gasteiger partial charge >= 0.3 is 0 Å². The van der Waals surface area contributed by atoms with Gasteiger partial charge in [-0.15, -0.1) is 0 Å². The lowest BCUT2D eigenvalue weighted by Crippen LogP contribution is -2.54. The van der Waals surface area contributed by atoms with Crippen molar-refractivity contribution in [3.8, 4) is 0 Å². The number of likely N-dealkylation sites (N-methyl/N-ethyl adjacent to an activating group) is 1. The van der Waals surface area contributed by atoms with Crippen LogP contribution in [0.3, 0.4) is 0 Å². The Bertz CT molecular complexity index is 324. The molecule has 1 saturated heterocycles. The van der Waals surface area contributed by atoms with Gasteiger partial charge in [-0.25, -0.2) is 0 Å². The van der Waals surface area contributed by atoms with E-state index in [0.717, 1.165) is 25.7 Å². The molecule has 5 heteroatoms. The van der Waals surface area contributed by atoms with E-state index in [1.54, 1.807) is 14.2 Å². The molecule has 18 heavy (non-hydrogen) atoms. The molecule has 1 unspecified atom stereocenters. The van der Waals surface area contributed by atoms with Gasteiger partial charge < -0.3 is 10.1 Å². The summed E-state index contributed by atoms with van der Waals surface area (Å²) in [5, 5.41) is 3.40. The van der Waals surface area contributed by atoms with Crippen LogP contribution in [0.1, 0.15) is 38.5 Å². The maximum atomic E-state index is 11.9. The fourth-order valence-electron chi connectivity index (χ4n) is 2.82. The fraction of sp³-hybridized carbons (Fsp3) is 0.846. The molecule has 1 heterocycles. The molecule has 0 radical (unpaired) electrons. The molecule has 0 aromatic rings. The number of ether oxygens (including phenoxy) is 1. The van der Waals surface area contributed by atoms with Crippen LogP contribution in [0.15, 0.2) is 0 Å². The number of likely N-dealkylation sites (tertiary alicyclic amines) is 1. The zero-order valence-corrected chi connectivity index (χ0v) is 11.1. The van der Waals surface area contributed by atoms with E-state index in [2.05, 4.69) is 5.32 Å². The van der Waals surface area contributed by atoms with Gasteiger partial charge in [0, 0.05) is 26.6 Å². The van der Waals surface area contributed by atoms with E-state index in [9.17, 15) is 9.59 Å². The molecule has 102 valence electrons. The second kappa shape index (κ2) is 5.80. The van der Waals surface area contributed by atoms with E-state index in [-0.39, 0.29) is 17.9 Å². The summed E-state index contributed by atoms with van der Waals surface area (Å²) in [6, 6.07) is 0.198. The summed E-state index contributed by atoms with van der Waals surface area (Å²) in [6.45, 7) is 0. The average molecular weight is 254 g/mol. The first-order chi connectivity index (χ1) is 8.61. The van der Waals surface area contributed by atoms with Crippen molar-refractivity contribution in [1.29, 1.82) is 0 Å². The van der Waals surface area contributed by atoms with Crippen molar-refractivity contribution >= 4 is 11.8 Å². The van der Waals surface area contributed by atoms with Crippen molar-refractivity contribution in [2.45, 2.75) is 56.7 Å². The number of hydrogen-bond acceptors (Lipinski definition) is 4. The van der Waals surface area contributed by atoms with Gasteiger partial charge in [-0.05, 0) is 32.1 Å². The van der Waals surface area contributed by atoms with Gasteiger partial charge in [-0.1, -0.05) is 0 Å². The number of nitrogens with zero attached hydrogens (tertiary/aromatic N) is 1. The molecular weight excluding hydrogens is 232 g/mol. The molecule has 0 bridgehead atoms. The number of rotatable bonds is 3. The van der Waals surface area contributed by atoms with E-state index < -0.39 is 0 Å². The number of carbonyl (C=O) groups is 2. The Morgan fingerprint density at radius 3 is 2.44 bits per heavy atom. The highest BCUT2D eigenvalue weighted by Crippen LogP contribution is 2.22. The van der Waals surface area contributed by atoms with Crippen LogP contribution in [0.5, 0.6) is 0 Å². The molecule has 5 nitrogen and oxygen atoms in total. The highest BCUT2D eigenvalue weighted by Gasteiger charge is 2.33. The molecule has 2 fully saturated rings. The maximum absolute atomic E-state index is 11.9. The highest BCUT2D eigenvalue weighted by molar-refractivity contribution is 6.00. The largest absolute Gasteiger partial charge is 0.381 e. The standard InChI is InChI=1S/C13H22N2O3/c1-15-12(16)8-7-11(13(15)17)14-9-3-5-10(18-2)6-4-9/h9-11,14H,3-8H2,1-2H3. The monoisotopic (exact) mass is 254 g/mol. The van der Waals surface area contributed by atoms with Crippen molar-refractivity contribution in [3.05, 3.63) is 0 Å². The third kappa shape index (κ3) is 2.90. The minimum absolute atomic E-state index is 0.0684. The highest BCUT2D eigenvalue weighted by atomic mass is 16.5. The minimum atomic E-state index is -0.184. The van der Waals surface area contributed by atoms with Crippen LogP contribution in [-0.4, -0.2) is 49.1 Å². The summed E-state index contributed by atoms with van der Waals surface area (Å²) in [4.78, 5) is 24.6. The van der Waals surface area contributed by atoms with E-state index in [0.29, 0.717) is 25.0 Å². The quantitative estimate of drug-likeness (QED) is 0.753. The molecule has 1 aliphatic heterocycles. The molecule has 2 rings (SSSR count). The number of piperidine rings is 1. The Morgan fingerprint density at radius 2 is 1.83 bits per heavy atom. The Kier molecular flexibility index (Phi) is 4.35. The van der Waals surface area contributed by atoms with Crippen LogP contribution in [0.25, 0.3) is 0 Å². The number of carbonyl (C=O) groups excluding carboxylic acids is 2. The first kappa shape index (κ1) is 13.5. The zero-order chi connectivity index (χ0) is 13.1. The zero-order valence-electron chi connectivity index (χ0n) is 11.1. The lowest BCUT2D eigenvalue weighted by atomic mass is 9.91. The van der Waals surface area contributed by atoms with Crippen LogP contribution < -0.4 is 5.32 Å². The van der Waals surface area contributed by atoms with Gasteiger partial charge in [0.15, 0.2) is 0 Å². The predicted molar refractivity (Wildman–Crippen MR) is 67.0 cm³/mol. The number of imide groups is 1. The molecular formula is C13H22N2O3. The fourth-order valence-corrected chi connectivity index (χ4v) is 2.82. The maximum Gasteiger partial charge on any atom is 0.246 e. The minimum Gasteiger partial charge on any atom is -0.381 e. The molecule has 1 atom stereocenters. The first-order valence-electron chi connectivity index (χ1n) is 6.71. The van der Waals surface area contributed by atoms with Gasteiger partial charge in [0.05, 0.1) is 12.1 Å². The third-order valence-electron chi connectivity index (χ3n) is 4.09. The molecule has 0 spiro atoms. The molecule has 0 aromatic carbocycles. The van der Waals surface area contributed by atoms with Crippen LogP contribution >= 0.6 is 0 Å². The van der Waals surface area contributed by atoms with E-state index in [4.69, 9.17) is 4.74 Å². The summed E-state index contributed by atoms with van der Waals surface area (Å²) in [5.74, 6) is -0.152. The van der Waals surface area contributed by atoms with Gasteiger partial charge in [-0.2, -0.15) is 0 Å². The van der Waals surface area contributed by atoms with Gasteiger partial charge in [-0.3, -0.25) is 14.5 Å². The van der Waals surface area contributed by atoms with Crippen molar-refractivity contribution in [3.63, 3.8) is 0 Å². The molecule has 1 N–H and O–H groups in total. The number of amides is 2. The summed E-state index contributed by atoms with van der Waals surface area (Å²) in [6.07, 6.45) is 5.64. The molecule has 0 aromatic heterocycles. The van der Waals surface area contributed by atoms with Crippen molar-refractivity contribution in [2.75, 3.05) is 14.2 Å². The lowest BCUT2D eigenvalue weighted by molar-refractivity contribution is -0.148. The molecule has 2 aliphatic rings. The van der Waals surface area contributed by atoms with E-state index in [1.165, 1.54) is 4.90 Å². The van der Waals surface area contributed by atoms with Crippen LogP contribution in [-0.2, 0) is 14.3 Å². The van der Waals surface area contributed by atoms with Crippen LogP contribution in [0.2, 0.25) is 0 Å². The molecule has 2 amide bonds. The van der Waals surface area contributed by atoms with E-state index in [1.807, 2.05) is 0 Å². The smallest absolute Gasteiger partial charge is 0.246 e. The predicted octanol–water partition coefficient (Wildman–Crippen LogP) is 0.681. The third-order valence-corrected chi connectivity index (χ3v) is 4.09. The Labute approximate surface area is 108 Å². The van der Waals surface area contributed by atoms with Gasteiger partial charge in [0.25, 0.3) is 0 Å². The Morgan fingerprint density at radius 1 is 1.17 bits per heavy atom. The second-order valence-electron chi connectivity index (χ2n) is 5.26. The summed E-state index contributed by atoms with van der Waals surface area (Å²) in [5.41, 5.74) is 0. The lowest BCUT2D eigenvalue weighted by Gasteiger charge is -2.34. The molecule has 1 saturated carbocycles. The second-order valence-corrected chi connectivity index (χ2v) is 5.26. The van der Waals surface area contributed by atoms with E-state index >= 15 is 0 Å². The van der Waals surface area contributed by atoms with Gasteiger partial charge in [0.2, 0.25) is 11.8 Å². The van der Waals surface area contributed by atoms with Crippen molar-refractivity contribution < 1.29 is 14.3 Å². The molecule has 1 aliphatic carbocycles. The summed E-state index contributed by atoms with van der Waals surface area (Å²) in [7, 11) is 3.32. The first-order valence-corrected chi connectivity index (χ1v) is 6.71. The number of hydrogen-bond donors (Lipinski definition) is 1. The number of methoxy groups -OCH3 is 1. The van der Waals surface area contributed by atoms with Crippen molar-refractivity contribution in [2.24, 2.45) is 0 Å². The van der Waals surface area contributed by atoms with Gasteiger partial charge in [0.1, 0.15) is 0 Å². The average Bonchev–Trinajstić information content (AvgIpc) is 2.40. The number of nitrogens with one attached hydrogen (secondary N) is 1. The topological polar surface area (TPSA) is 58.6 Å². The van der Waals surface area contributed by atoms with Crippen LogP contribution in [0, 0.1) is 0 Å². The summed E-state index contributed by atoms with van der Waals surface area (Å²) >= 11 is 0. The van der Waals surface area contributed by atoms with Crippen molar-refractivity contribution in [1.82, 2.24) is 10.2 Å². The normalized spacial score (nSPS) is 33.9. The Hall–Kier alpha value is -0.940. The Balaban J connectivity index is 1.83. The van der Waals surface area contributed by atoms with Crippen LogP contribution in [0.4, 0.5) is 0 Å². The SMILES string of the molecule is COC1CCC(NC2CCC(=O)N(C)C2=O)CC1. The summed E-state index contributed by atoms with van der Waals surface area (Å²) < 4.78 is 5.33.